The summed E-state index contributed by atoms with van der Waals surface area (Å²) < 4.78 is 19.0. The molecule has 172 valence electrons. The van der Waals surface area contributed by atoms with Gasteiger partial charge in [-0.15, -0.1) is 0 Å². The number of benzene rings is 2. The quantitative estimate of drug-likeness (QED) is 0.422. The van der Waals surface area contributed by atoms with Crippen molar-refractivity contribution in [2.45, 2.75) is 36.8 Å². The second-order valence-corrected chi connectivity index (χ2v) is 9.00. The highest BCUT2D eigenvalue weighted by Crippen LogP contribution is 2.30. The first kappa shape index (κ1) is 21.8. The molecule has 2 aliphatic rings. The van der Waals surface area contributed by atoms with Crippen molar-refractivity contribution in [3.8, 4) is 11.5 Å². The number of aromatic nitrogens is 2. The maximum atomic E-state index is 13.1. The van der Waals surface area contributed by atoms with Crippen molar-refractivity contribution < 1.29 is 19.0 Å². The maximum absolute atomic E-state index is 13.1. The van der Waals surface area contributed by atoms with Crippen molar-refractivity contribution in [3.63, 3.8) is 0 Å². The number of nitrogens with one attached hydrogen (secondary N) is 1. The van der Waals surface area contributed by atoms with E-state index < -0.39 is 0 Å². The van der Waals surface area contributed by atoms with Crippen LogP contribution in [-0.4, -0.2) is 53.2 Å². The number of ether oxygens (including phenoxy) is 3. The molecule has 3 aromatic rings. The van der Waals surface area contributed by atoms with E-state index in [0.717, 1.165) is 12.8 Å². The topological polar surface area (TPSA) is 91.7 Å². The number of para-hydroxylation sites is 3. The summed E-state index contributed by atoms with van der Waals surface area (Å²) in [6, 6.07) is 14.7. The van der Waals surface area contributed by atoms with Crippen LogP contribution in [0.2, 0.25) is 0 Å². The minimum absolute atomic E-state index is 0.00910. The summed E-state index contributed by atoms with van der Waals surface area (Å²) in [5.41, 5.74) is 0.519. The van der Waals surface area contributed by atoms with Crippen LogP contribution in [-0.2, 0) is 16.1 Å². The molecule has 1 aromatic heterocycles. The van der Waals surface area contributed by atoms with Gasteiger partial charge in [-0.2, -0.15) is 0 Å². The average Bonchev–Trinajstić information content (AvgIpc) is 3.36. The van der Waals surface area contributed by atoms with Gasteiger partial charge in [-0.05, 0) is 37.1 Å². The van der Waals surface area contributed by atoms with Crippen LogP contribution in [0.3, 0.4) is 0 Å². The molecule has 3 heterocycles. The lowest BCUT2D eigenvalue weighted by Crippen LogP contribution is -2.41. The summed E-state index contributed by atoms with van der Waals surface area (Å²) in [7, 11) is 0. The van der Waals surface area contributed by atoms with Gasteiger partial charge in [0, 0.05) is 6.61 Å². The zero-order valence-corrected chi connectivity index (χ0v) is 18.9. The van der Waals surface area contributed by atoms with Gasteiger partial charge in [-0.25, -0.2) is 4.98 Å². The normalized spacial score (nSPS) is 19.5. The molecule has 9 heteroatoms. The number of carbonyl (C=O) groups excluding carboxylic acids is 1. The number of hydrogen-bond acceptors (Lipinski definition) is 7. The summed E-state index contributed by atoms with van der Waals surface area (Å²) in [5, 5.41) is 3.99. The van der Waals surface area contributed by atoms with Crippen molar-refractivity contribution in [1.29, 1.82) is 0 Å². The van der Waals surface area contributed by atoms with Crippen molar-refractivity contribution >= 4 is 28.6 Å². The monoisotopic (exact) mass is 467 g/mol. The molecule has 0 bridgehead atoms. The zero-order valence-electron chi connectivity index (χ0n) is 18.1. The average molecular weight is 468 g/mol. The van der Waals surface area contributed by atoms with E-state index in [-0.39, 0.29) is 29.4 Å². The Morgan fingerprint density at radius 2 is 1.94 bits per heavy atom. The fourth-order valence-corrected chi connectivity index (χ4v) is 4.82. The number of amides is 1. The third-order valence-electron chi connectivity index (χ3n) is 5.66. The van der Waals surface area contributed by atoms with E-state index in [9.17, 15) is 9.59 Å². The number of hydrogen-bond donors (Lipinski definition) is 1. The molecule has 1 amide bonds. The SMILES string of the molecule is O=C(CSc1nc2ccccc2c(=O)n1C[C@H]1CCCO1)NC[C@@H]1COc2ccccc2O1. The van der Waals surface area contributed by atoms with Gasteiger partial charge in [-0.1, -0.05) is 36.0 Å². The molecule has 2 aromatic carbocycles. The Kier molecular flexibility index (Phi) is 6.50. The van der Waals surface area contributed by atoms with Crippen LogP contribution in [0, 0.1) is 0 Å². The number of fused-ring (bicyclic) bond motifs is 2. The summed E-state index contributed by atoms with van der Waals surface area (Å²) in [4.78, 5) is 30.3. The second-order valence-electron chi connectivity index (χ2n) is 8.05. The number of carbonyl (C=O) groups is 1. The van der Waals surface area contributed by atoms with E-state index in [1.54, 1.807) is 10.6 Å². The smallest absolute Gasteiger partial charge is 0.262 e. The van der Waals surface area contributed by atoms with Gasteiger partial charge in [-0.3, -0.25) is 14.2 Å². The van der Waals surface area contributed by atoms with Crippen LogP contribution >= 0.6 is 11.8 Å². The number of nitrogens with zero attached hydrogens (tertiary/aromatic N) is 2. The molecule has 0 radical (unpaired) electrons. The van der Waals surface area contributed by atoms with Gasteiger partial charge in [0.15, 0.2) is 16.7 Å². The number of thioether (sulfide) groups is 1. The number of rotatable bonds is 7. The fraction of sp³-hybridized carbons (Fsp3) is 0.375. The predicted molar refractivity (Wildman–Crippen MR) is 125 cm³/mol. The Morgan fingerprint density at radius 1 is 1.12 bits per heavy atom. The van der Waals surface area contributed by atoms with Gasteiger partial charge in [0.2, 0.25) is 5.91 Å². The zero-order chi connectivity index (χ0) is 22.6. The van der Waals surface area contributed by atoms with E-state index in [2.05, 4.69) is 10.3 Å². The van der Waals surface area contributed by atoms with Gasteiger partial charge in [0.25, 0.3) is 5.56 Å². The third kappa shape index (κ3) is 4.99. The van der Waals surface area contributed by atoms with E-state index in [4.69, 9.17) is 14.2 Å². The lowest BCUT2D eigenvalue weighted by Gasteiger charge is -2.26. The van der Waals surface area contributed by atoms with Crippen LogP contribution in [0.25, 0.3) is 10.9 Å². The van der Waals surface area contributed by atoms with Gasteiger partial charge in [0.05, 0.1) is 35.8 Å². The van der Waals surface area contributed by atoms with Crippen molar-refractivity contribution in [1.82, 2.24) is 14.9 Å². The fourth-order valence-electron chi connectivity index (χ4n) is 3.98. The lowest BCUT2D eigenvalue weighted by atomic mass is 10.2. The minimum Gasteiger partial charge on any atom is -0.486 e. The molecule has 8 nitrogen and oxygen atoms in total. The van der Waals surface area contributed by atoms with E-state index in [1.165, 1.54) is 11.8 Å². The Balaban J connectivity index is 1.24. The van der Waals surface area contributed by atoms with Crippen LogP contribution in [0.1, 0.15) is 12.8 Å². The predicted octanol–water partition coefficient (Wildman–Crippen LogP) is 2.62. The molecule has 5 rings (SSSR count). The molecule has 1 N–H and O–H groups in total. The molecule has 1 fully saturated rings. The first-order valence-electron chi connectivity index (χ1n) is 11.1. The van der Waals surface area contributed by atoms with Crippen LogP contribution in [0.15, 0.2) is 58.5 Å². The van der Waals surface area contributed by atoms with Crippen LogP contribution < -0.4 is 20.3 Å². The Morgan fingerprint density at radius 3 is 2.79 bits per heavy atom. The van der Waals surface area contributed by atoms with Crippen molar-refractivity contribution in [2.24, 2.45) is 0 Å². The Hall–Kier alpha value is -3.04. The van der Waals surface area contributed by atoms with Gasteiger partial charge in [0.1, 0.15) is 12.7 Å². The standard InChI is InChI=1S/C24H25N3O5S/c28-22(25-12-17-14-31-20-9-3-4-10-21(20)32-17)15-33-24-26-19-8-2-1-7-18(19)23(29)27(24)13-16-6-5-11-30-16/h1-4,7-10,16-17H,5-6,11-15H2,(H,25,28)/t16-,17-/m1/s1. The Labute approximate surface area is 195 Å². The highest BCUT2D eigenvalue weighted by Gasteiger charge is 2.23. The van der Waals surface area contributed by atoms with E-state index in [1.807, 2.05) is 42.5 Å². The molecular formula is C24H25N3O5S. The van der Waals surface area contributed by atoms with E-state index in [0.29, 0.717) is 53.9 Å². The first-order valence-corrected chi connectivity index (χ1v) is 12.0. The highest BCUT2D eigenvalue weighted by atomic mass is 32.2. The Bertz CT molecular complexity index is 1210. The molecule has 2 atom stereocenters. The summed E-state index contributed by atoms with van der Waals surface area (Å²) in [5.74, 6) is 1.37. The van der Waals surface area contributed by atoms with Crippen LogP contribution in [0.5, 0.6) is 11.5 Å². The molecule has 0 saturated carbocycles. The minimum atomic E-state index is -0.259. The maximum Gasteiger partial charge on any atom is 0.262 e. The van der Waals surface area contributed by atoms with Gasteiger partial charge < -0.3 is 19.5 Å². The van der Waals surface area contributed by atoms with Crippen molar-refractivity contribution in [2.75, 3.05) is 25.5 Å². The lowest BCUT2D eigenvalue weighted by molar-refractivity contribution is -0.119. The molecule has 1 saturated heterocycles. The van der Waals surface area contributed by atoms with Crippen molar-refractivity contribution in [3.05, 3.63) is 58.9 Å². The van der Waals surface area contributed by atoms with Crippen LogP contribution in [0.4, 0.5) is 0 Å². The molecule has 0 aliphatic carbocycles. The van der Waals surface area contributed by atoms with E-state index >= 15 is 0 Å². The third-order valence-corrected chi connectivity index (χ3v) is 6.64. The first-order chi connectivity index (χ1) is 16.2. The molecule has 0 unspecified atom stereocenters. The molecule has 0 spiro atoms. The molecule has 2 aliphatic heterocycles. The highest BCUT2D eigenvalue weighted by molar-refractivity contribution is 7.99. The summed E-state index contributed by atoms with van der Waals surface area (Å²) in [6.45, 7) is 1.86. The summed E-state index contributed by atoms with van der Waals surface area (Å²) in [6.07, 6.45) is 1.63. The summed E-state index contributed by atoms with van der Waals surface area (Å²) >= 11 is 1.25. The largest absolute Gasteiger partial charge is 0.486 e. The molecular weight excluding hydrogens is 442 g/mol. The molecule has 33 heavy (non-hydrogen) atoms. The van der Waals surface area contributed by atoms with Gasteiger partial charge >= 0.3 is 0 Å². The second kappa shape index (κ2) is 9.84.